The van der Waals surface area contributed by atoms with Crippen LogP contribution in [0.15, 0.2) is 22.8 Å². The summed E-state index contributed by atoms with van der Waals surface area (Å²) in [6.45, 7) is 5.40. The van der Waals surface area contributed by atoms with E-state index in [0.717, 1.165) is 0 Å². The molecule has 0 saturated carbocycles. The summed E-state index contributed by atoms with van der Waals surface area (Å²) < 4.78 is 4.93. The van der Waals surface area contributed by atoms with E-state index < -0.39 is 29.7 Å². The van der Waals surface area contributed by atoms with Gasteiger partial charge in [0.1, 0.15) is 6.04 Å². The molecule has 7 heteroatoms. The molecule has 1 heterocycles. The highest BCUT2D eigenvalue weighted by atomic mass is 16.4. The Morgan fingerprint density at radius 1 is 1.27 bits per heavy atom. The first-order valence-electron chi connectivity index (χ1n) is 7.16. The molecule has 0 spiro atoms. The summed E-state index contributed by atoms with van der Waals surface area (Å²) in [7, 11) is 0. The Balaban J connectivity index is 2.46. The second-order valence-electron chi connectivity index (χ2n) is 5.58. The van der Waals surface area contributed by atoms with E-state index >= 15 is 0 Å². The normalized spacial score (nSPS) is 13.5. The third-order valence-corrected chi connectivity index (χ3v) is 3.11. The topological polar surface area (TPSA) is 109 Å². The van der Waals surface area contributed by atoms with Gasteiger partial charge in [0.15, 0.2) is 5.76 Å². The lowest BCUT2D eigenvalue weighted by Gasteiger charge is -2.18. The van der Waals surface area contributed by atoms with Gasteiger partial charge >= 0.3 is 5.97 Å². The standard InChI is InChI=1S/C15H22N2O5/c1-9(2)7-11(15(20)21)8-16-13(18)10(3)17-14(19)12-5-4-6-22-12/h4-6,9-11H,7-8H2,1-3H3,(H,16,18)(H,17,19)(H,20,21)/t10-,11+/m0/s1. The van der Waals surface area contributed by atoms with Crippen LogP contribution in [0.4, 0.5) is 0 Å². The Labute approximate surface area is 129 Å². The summed E-state index contributed by atoms with van der Waals surface area (Å²) in [5.74, 6) is -2.19. The highest BCUT2D eigenvalue weighted by Crippen LogP contribution is 2.11. The molecule has 0 aliphatic rings. The van der Waals surface area contributed by atoms with E-state index in [1.165, 1.54) is 19.3 Å². The molecule has 0 saturated heterocycles. The molecule has 0 radical (unpaired) electrons. The number of hydrogen-bond acceptors (Lipinski definition) is 4. The van der Waals surface area contributed by atoms with Crippen LogP contribution in [0.3, 0.4) is 0 Å². The molecule has 0 aliphatic carbocycles. The van der Waals surface area contributed by atoms with Crippen LogP contribution in [0.1, 0.15) is 37.7 Å². The number of carboxylic acids is 1. The Morgan fingerprint density at radius 2 is 1.95 bits per heavy atom. The van der Waals surface area contributed by atoms with Gasteiger partial charge in [0.2, 0.25) is 5.91 Å². The average Bonchev–Trinajstić information content (AvgIpc) is 2.96. The van der Waals surface area contributed by atoms with E-state index in [2.05, 4.69) is 10.6 Å². The maximum atomic E-state index is 11.9. The molecule has 0 fully saturated rings. The number of rotatable bonds is 8. The Bertz CT molecular complexity index is 510. The van der Waals surface area contributed by atoms with Crippen molar-refractivity contribution >= 4 is 17.8 Å². The molecule has 0 unspecified atom stereocenters. The van der Waals surface area contributed by atoms with Crippen LogP contribution in [-0.4, -0.2) is 35.5 Å². The molecule has 2 amide bonds. The van der Waals surface area contributed by atoms with Crippen LogP contribution < -0.4 is 10.6 Å². The predicted molar refractivity (Wildman–Crippen MR) is 79.2 cm³/mol. The smallest absolute Gasteiger partial charge is 0.308 e. The number of carbonyl (C=O) groups is 3. The zero-order valence-electron chi connectivity index (χ0n) is 13.0. The van der Waals surface area contributed by atoms with Crippen molar-refractivity contribution in [2.45, 2.75) is 33.2 Å². The van der Waals surface area contributed by atoms with Gasteiger partial charge in [-0.3, -0.25) is 14.4 Å². The average molecular weight is 310 g/mol. The van der Waals surface area contributed by atoms with Gasteiger partial charge in [-0.25, -0.2) is 0 Å². The molecule has 0 aliphatic heterocycles. The SMILES string of the molecule is CC(C)C[C@H](CNC(=O)[C@H](C)NC(=O)c1ccco1)C(=O)O. The zero-order chi connectivity index (χ0) is 16.7. The molecule has 0 aromatic carbocycles. The van der Waals surface area contributed by atoms with E-state index in [1.807, 2.05) is 13.8 Å². The van der Waals surface area contributed by atoms with Crippen LogP contribution in [0.2, 0.25) is 0 Å². The van der Waals surface area contributed by atoms with Crippen LogP contribution >= 0.6 is 0 Å². The van der Waals surface area contributed by atoms with E-state index in [1.54, 1.807) is 6.07 Å². The van der Waals surface area contributed by atoms with Crippen LogP contribution in [0.25, 0.3) is 0 Å². The number of aliphatic carboxylic acids is 1. The van der Waals surface area contributed by atoms with E-state index in [4.69, 9.17) is 9.52 Å². The second kappa shape index (κ2) is 8.21. The lowest BCUT2D eigenvalue weighted by molar-refractivity contribution is -0.142. The van der Waals surface area contributed by atoms with Gasteiger partial charge in [-0.15, -0.1) is 0 Å². The number of hydrogen-bond donors (Lipinski definition) is 3. The quantitative estimate of drug-likeness (QED) is 0.670. The summed E-state index contributed by atoms with van der Waals surface area (Å²) in [6.07, 6.45) is 1.84. The van der Waals surface area contributed by atoms with E-state index in [-0.39, 0.29) is 18.2 Å². The summed E-state index contributed by atoms with van der Waals surface area (Å²) in [4.78, 5) is 34.8. The lowest BCUT2D eigenvalue weighted by Crippen LogP contribution is -2.46. The minimum absolute atomic E-state index is 0.0350. The van der Waals surface area contributed by atoms with Gasteiger partial charge < -0.3 is 20.2 Å². The molecule has 1 rings (SSSR count). The van der Waals surface area contributed by atoms with Gasteiger partial charge in [0.05, 0.1) is 12.2 Å². The number of nitrogens with one attached hydrogen (secondary N) is 2. The Kier molecular flexibility index (Phi) is 6.62. The highest BCUT2D eigenvalue weighted by molar-refractivity contribution is 5.95. The number of amides is 2. The minimum atomic E-state index is -0.943. The first-order chi connectivity index (χ1) is 10.3. The number of carboxylic acid groups (broad SMARTS) is 1. The first-order valence-corrected chi connectivity index (χ1v) is 7.16. The maximum Gasteiger partial charge on any atom is 0.308 e. The van der Waals surface area contributed by atoms with Gasteiger partial charge in [0.25, 0.3) is 5.91 Å². The molecular weight excluding hydrogens is 288 g/mol. The van der Waals surface area contributed by atoms with Crippen LogP contribution in [0, 0.1) is 11.8 Å². The van der Waals surface area contributed by atoms with Crippen molar-refractivity contribution in [3.05, 3.63) is 24.2 Å². The molecule has 22 heavy (non-hydrogen) atoms. The maximum absolute atomic E-state index is 11.9. The second-order valence-corrected chi connectivity index (χ2v) is 5.58. The monoisotopic (exact) mass is 310 g/mol. The fraction of sp³-hybridized carbons (Fsp3) is 0.533. The molecule has 1 aromatic rings. The van der Waals surface area contributed by atoms with Crippen LogP contribution in [-0.2, 0) is 9.59 Å². The van der Waals surface area contributed by atoms with Gasteiger partial charge in [-0.1, -0.05) is 13.8 Å². The number of carbonyl (C=O) groups excluding carboxylic acids is 2. The van der Waals surface area contributed by atoms with Crippen molar-refractivity contribution in [3.8, 4) is 0 Å². The highest BCUT2D eigenvalue weighted by Gasteiger charge is 2.22. The summed E-state index contributed by atoms with van der Waals surface area (Å²) in [5, 5.41) is 14.1. The fourth-order valence-corrected chi connectivity index (χ4v) is 1.96. The largest absolute Gasteiger partial charge is 0.481 e. The van der Waals surface area contributed by atoms with Gasteiger partial charge in [-0.2, -0.15) is 0 Å². The van der Waals surface area contributed by atoms with Crippen molar-refractivity contribution in [2.75, 3.05) is 6.54 Å². The molecule has 1 aromatic heterocycles. The van der Waals surface area contributed by atoms with E-state index in [9.17, 15) is 14.4 Å². The van der Waals surface area contributed by atoms with Crippen molar-refractivity contribution < 1.29 is 23.9 Å². The molecule has 122 valence electrons. The summed E-state index contributed by atoms with van der Waals surface area (Å²) >= 11 is 0. The fourth-order valence-electron chi connectivity index (χ4n) is 1.96. The Morgan fingerprint density at radius 3 is 2.45 bits per heavy atom. The minimum Gasteiger partial charge on any atom is -0.481 e. The molecule has 2 atom stereocenters. The van der Waals surface area contributed by atoms with E-state index in [0.29, 0.717) is 6.42 Å². The Hall–Kier alpha value is -2.31. The first kappa shape index (κ1) is 17.7. The lowest BCUT2D eigenvalue weighted by atomic mass is 9.97. The van der Waals surface area contributed by atoms with Crippen molar-refractivity contribution in [1.29, 1.82) is 0 Å². The molecule has 3 N–H and O–H groups in total. The zero-order valence-corrected chi connectivity index (χ0v) is 13.0. The van der Waals surface area contributed by atoms with Crippen molar-refractivity contribution in [1.82, 2.24) is 10.6 Å². The molecular formula is C15H22N2O5. The van der Waals surface area contributed by atoms with Gasteiger partial charge in [0, 0.05) is 6.54 Å². The van der Waals surface area contributed by atoms with Crippen molar-refractivity contribution in [2.24, 2.45) is 11.8 Å². The third-order valence-electron chi connectivity index (χ3n) is 3.11. The summed E-state index contributed by atoms with van der Waals surface area (Å²) in [6, 6.07) is 2.28. The predicted octanol–water partition coefficient (Wildman–Crippen LogP) is 1.26. The van der Waals surface area contributed by atoms with Crippen molar-refractivity contribution in [3.63, 3.8) is 0 Å². The molecule has 7 nitrogen and oxygen atoms in total. The summed E-state index contributed by atoms with van der Waals surface area (Å²) in [5.41, 5.74) is 0. The third kappa shape index (κ3) is 5.59. The van der Waals surface area contributed by atoms with Gasteiger partial charge in [-0.05, 0) is 31.4 Å². The van der Waals surface area contributed by atoms with Crippen LogP contribution in [0.5, 0.6) is 0 Å². The molecule has 0 bridgehead atoms. The number of furan rings is 1.